The summed E-state index contributed by atoms with van der Waals surface area (Å²) >= 11 is 5.67. The lowest BCUT2D eigenvalue weighted by atomic mass is 10.3. The highest BCUT2D eigenvalue weighted by Gasteiger charge is 1.92. The fourth-order valence-electron chi connectivity index (χ4n) is 0.484. The third-order valence-electron chi connectivity index (χ3n) is 0.934. The molecule has 0 bridgehead atoms. The lowest BCUT2D eigenvalue weighted by Crippen LogP contribution is -1.85. The van der Waals surface area contributed by atoms with Gasteiger partial charge in [-0.2, -0.15) is 0 Å². The van der Waals surface area contributed by atoms with E-state index in [0.717, 1.165) is 6.42 Å². The van der Waals surface area contributed by atoms with Crippen LogP contribution in [0.15, 0.2) is 0 Å². The first-order valence-electron chi connectivity index (χ1n) is 2.87. The molecule has 0 aliphatic carbocycles. The SMILES string of the molecule is PCCCCC(P)Cl. The highest BCUT2D eigenvalue weighted by Crippen LogP contribution is 2.13. The average Bonchev–Trinajstić information content (AvgIpc) is 1.66. The first-order chi connectivity index (χ1) is 3.77. The zero-order valence-electron chi connectivity index (χ0n) is 4.94. The normalized spacial score (nSPS) is 13.9. The van der Waals surface area contributed by atoms with Crippen molar-refractivity contribution < 1.29 is 0 Å². The quantitative estimate of drug-likeness (QED) is 0.346. The molecule has 0 N–H and O–H groups in total. The van der Waals surface area contributed by atoms with E-state index in [2.05, 4.69) is 18.5 Å². The van der Waals surface area contributed by atoms with Crippen molar-refractivity contribution in [3.05, 3.63) is 0 Å². The zero-order valence-corrected chi connectivity index (χ0v) is 8.00. The standard InChI is InChI=1S/C5H13ClP2/c6-5(8)3-1-2-4-7/h5H,1-4,7-8H2. The van der Waals surface area contributed by atoms with E-state index in [4.69, 9.17) is 11.6 Å². The van der Waals surface area contributed by atoms with Gasteiger partial charge in [-0.3, -0.25) is 0 Å². The summed E-state index contributed by atoms with van der Waals surface area (Å²) in [4.78, 5) is 0. The second-order valence-electron chi connectivity index (χ2n) is 1.80. The van der Waals surface area contributed by atoms with Crippen LogP contribution in [0.2, 0.25) is 0 Å². The number of rotatable bonds is 4. The summed E-state index contributed by atoms with van der Waals surface area (Å²) in [6.45, 7) is 0. The van der Waals surface area contributed by atoms with Gasteiger partial charge in [-0.1, -0.05) is 6.42 Å². The molecule has 0 aliphatic heterocycles. The Balaban J connectivity index is 2.72. The maximum absolute atomic E-state index is 5.67. The van der Waals surface area contributed by atoms with Crippen molar-refractivity contribution in [1.82, 2.24) is 0 Å². The number of hydrogen-bond donors (Lipinski definition) is 0. The third kappa shape index (κ3) is 7.15. The molecule has 3 unspecified atom stereocenters. The van der Waals surface area contributed by atoms with Gasteiger partial charge in [0, 0.05) is 5.12 Å². The minimum Gasteiger partial charge on any atom is -0.138 e. The van der Waals surface area contributed by atoms with Crippen molar-refractivity contribution >= 4 is 30.1 Å². The van der Waals surface area contributed by atoms with Crippen LogP contribution >= 0.6 is 30.1 Å². The second kappa shape index (κ2) is 6.27. The van der Waals surface area contributed by atoms with Gasteiger partial charge >= 0.3 is 0 Å². The van der Waals surface area contributed by atoms with Crippen molar-refractivity contribution in [2.75, 3.05) is 6.16 Å². The Labute approximate surface area is 61.2 Å². The van der Waals surface area contributed by atoms with Crippen LogP contribution in [0.5, 0.6) is 0 Å². The molecular formula is C5H13ClP2. The van der Waals surface area contributed by atoms with Crippen LogP contribution in [0.4, 0.5) is 0 Å². The molecule has 8 heavy (non-hydrogen) atoms. The van der Waals surface area contributed by atoms with Gasteiger partial charge in [0.15, 0.2) is 0 Å². The Morgan fingerprint density at radius 1 is 1.38 bits per heavy atom. The van der Waals surface area contributed by atoms with Crippen molar-refractivity contribution in [2.45, 2.75) is 24.4 Å². The predicted octanol–water partition coefficient (Wildman–Crippen LogP) is 2.47. The van der Waals surface area contributed by atoms with Gasteiger partial charge in [0.25, 0.3) is 0 Å². The summed E-state index contributed by atoms with van der Waals surface area (Å²) in [5, 5.41) is 0.284. The monoisotopic (exact) mass is 170 g/mol. The number of halogens is 1. The highest BCUT2D eigenvalue weighted by atomic mass is 35.5. The van der Waals surface area contributed by atoms with Crippen LogP contribution in [-0.2, 0) is 0 Å². The van der Waals surface area contributed by atoms with E-state index in [-0.39, 0.29) is 5.12 Å². The number of alkyl halides is 1. The molecule has 0 nitrogen and oxygen atoms in total. The van der Waals surface area contributed by atoms with E-state index in [1.165, 1.54) is 19.0 Å². The molecular weight excluding hydrogens is 157 g/mol. The molecule has 3 atom stereocenters. The van der Waals surface area contributed by atoms with Crippen LogP contribution in [0.1, 0.15) is 19.3 Å². The molecule has 0 saturated heterocycles. The van der Waals surface area contributed by atoms with Gasteiger partial charge in [0.05, 0.1) is 0 Å². The van der Waals surface area contributed by atoms with Crippen molar-refractivity contribution in [3.63, 3.8) is 0 Å². The van der Waals surface area contributed by atoms with Crippen LogP contribution in [0.3, 0.4) is 0 Å². The van der Waals surface area contributed by atoms with E-state index >= 15 is 0 Å². The van der Waals surface area contributed by atoms with Gasteiger partial charge in [0.2, 0.25) is 0 Å². The summed E-state index contributed by atoms with van der Waals surface area (Å²) in [6.07, 6.45) is 4.86. The van der Waals surface area contributed by atoms with Gasteiger partial charge in [-0.05, 0) is 19.0 Å². The van der Waals surface area contributed by atoms with Gasteiger partial charge < -0.3 is 0 Å². The first-order valence-corrected chi connectivity index (χ1v) is 4.79. The minimum atomic E-state index is 0.284. The largest absolute Gasteiger partial charge is 0.138 e. The Kier molecular flexibility index (Phi) is 7.17. The summed E-state index contributed by atoms with van der Waals surface area (Å²) in [7, 11) is 5.30. The molecule has 0 fully saturated rings. The molecule has 0 spiro atoms. The van der Waals surface area contributed by atoms with Crippen LogP contribution in [-0.4, -0.2) is 11.3 Å². The maximum Gasteiger partial charge on any atom is 0.0476 e. The molecule has 0 saturated carbocycles. The van der Waals surface area contributed by atoms with Crippen molar-refractivity contribution in [1.29, 1.82) is 0 Å². The summed E-state index contributed by atoms with van der Waals surface area (Å²) < 4.78 is 0. The summed E-state index contributed by atoms with van der Waals surface area (Å²) in [5.41, 5.74) is 0. The van der Waals surface area contributed by atoms with Gasteiger partial charge in [-0.15, -0.1) is 30.1 Å². The molecule has 50 valence electrons. The van der Waals surface area contributed by atoms with Crippen molar-refractivity contribution in [2.24, 2.45) is 0 Å². The topological polar surface area (TPSA) is 0 Å². The molecule has 3 heteroatoms. The lowest BCUT2D eigenvalue weighted by Gasteiger charge is -1.98. The van der Waals surface area contributed by atoms with Gasteiger partial charge in [0.1, 0.15) is 0 Å². The molecule has 0 aromatic carbocycles. The molecule has 0 radical (unpaired) electrons. The van der Waals surface area contributed by atoms with Gasteiger partial charge in [-0.25, -0.2) is 0 Å². The average molecular weight is 171 g/mol. The van der Waals surface area contributed by atoms with Crippen LogP contribution in [0, 0.1) is 0 Å². The molecule has 0 heterocycles. The summed E-state index contributed by atoms with van der Waals surface area (Å²) in [5.74, 6) is 0. The molecule has 0 aromatic rings. The number of unbranched alkanes of at least 4 members (excludes halogenated alkanes) is 1. The van der Waals surface area contributed by atoms with E-state index in [1.807, 2.05) is 0 Å². The van der Waals surface area contributed by atoms with Crippen molar-refractivity contribution in [3.8, 4) is 0 Å². The highest BCUT2D eigenvalue weighted by molar-refractivity contribution is 7.21. The fourth-order valence-corrected chi connectivity index (χ4v) is 1.16. The molecule has 0 aliphatic rings. The number of hydrogen-bond acceptors (Lipinski definition) is 0. The predicted molar refractivity (Wildman–Crippen MR) is 47.8 cm³/mol. The van der Waals surface area contributed by atoms with Crippen LogP contribution in [0.25, 0.3) is 0 Å². The maximum atomic E-state index is 5.67. The fraction of sp³-hybridized carbons (Fsp3) is 1.00. The van der Waals surface area contributed by atoms with E-state index in [9.17, 15) is 0 Å². The Bertz CT molecular complexity index is 47.7. The van der Waals surface area contributed by atoms with E-state index in [0.29, 0.717) is 0 Å². The van der Waals surface area contributed by atoms with E-state index in [1.54, 1.807) is 0 Å². The Morgan fingerprint density at radius 2 is 2.00 bits per heavy atom. The Morgan fingerprint density at radius 3 is 2.38 bits per heavy atom. The molecule has 0 rings (SSSR count). The Hall–Kier alpha value is 1.15. The van der Waals surface area contributed by atoms with Crippen LogP contribution < -0.4 is 0 Å². The molecule has 0 aromatic heterocycles. The second-order valence-corrected chi connectivity index (χ2v) is 4.17. The smallest absolute Gasteiger partial charge is 0.0476 e. The summed E-state index contributed by atoms with van der Waals surface area (Å²) in [6, 6.07) is 0. The third-order valence-corrected chi connectivity index (χ3v) is 1.89. The zero-order chi connectivity index (χ0) is 6.41. The van der Waals surface area contributed by atoms with E-state index < -0.39 is 0 Å². The minimum absolute atomic E-state index is 0.284. The molecule has 0 amide bonds. The first kappa shape index (κ1) is 9.15. The lowest BCUT2D eigenvalue weighted by molar-refractivity contribution is 0.766.